The van der Waals surface area contributed by atoms with E-state index < -0.39 is 10.9 Å². The predicted molar refractivity (Wildman–Crippen MR) is 94.5 cm³/mol. The molecule has 1 heterocycles. The van der Waals surface area contributed by atoms with Crippen molar-refractivity contribution in [1.29, 1.82) is 0 Å². The first-order valence-corrected chi connectivity index (χ1v) is 9.48. The molecule has 0 aliphatic carbocycles. The van der Waals surface area contributed by atoms with E-state index in [1.807, 2.05) is 0 Å². The van der Waals surface area contributed by atoms with Gasteiger partial charge < -0.3 is 15.4 Å². The lowest BCUT2D eigenvalue weighted by Gasteiger charge is -2.03. The average molecular weight is 369 g/mol. The molecule has 3 N–H and O–H groups in total. The topological polar surface area (TPSA) is 125 Å². The number of carboxylic acid groups (broad SMARTS) is 1. The van der Waals surface area contributed by atoms with Crippen molar-refractivity contribution in [2.75, 3.05) is 18.1 Å². The van der Waals surface area contributed by atoms with Crippen molar-refractivity contribution in [1.82, 2.24) is 10.3 Å². The molecule has 1 aromatic carbocycles. The normalized spacial score (nSPS) is 10.7. The predicted octanol–water partition coefficient (Wildman–Crippen LogP) is 2.66. The van der Waals surface area contributed by atoms with E-state index in [-0.39, 0.29) is 23.7 Å². The van der Waals surface area contributed by atoms with Crippen molar-refractivity contribution in [2.45, 2.75) is 6.42 Å². The van der Waals surface area contributed by atoms with Crippen LogP contribution in [0.2, 0.25) is 0 Å². The number of para-hydroxylation sites is 1. The second kappa shape index (κ2) is 8.60. The number of H-pyrrole nitrogens is 1. The zero-order valence-electron chi connectivity index (χ0n) is 12.5. The standard InChI is InChI=1S/C14H15N3O5S2/c18-12(19)4-6-23-24-7-5-15-14(20)10-8-9-2-1-3-11(17(21)22)13(9)16-10/h1-3,8,16H,4-7H2,(H,15,20)(H,18,19). The van der Waals surface area contributed by atoms with Crippen molar-refractivity contribution in [3.63, 3.8) is 0 Å². The Labute approximate surface area is 144 Å². The van der Waals surface area contributed by atoms with E-state index in [0.717, 1.165) is 0 Å². The Morgan fingerprint density at radius 2 is 2.04 bits per heavy atom. The third kappa shape index (κ3) is 4.90. The number of carbonyl (C=O) groups excluding carboxylic acids is 1. The van der Waals surface area contributed by atoms with Gasteiger partial charge in [0.2, 0.25) is 0 Å². The lowest BCUT2D eigenvalue weighted by molar-refractivity contribution is -0.383. The van der Waals surface area contributed by atoms with Gasteiger partial charge in [-0.2, -0.15) is 0 Å². The number of aromatic nitrogens is 1. The van der Waals surface area contributed by atoms with E-state index in [1.54, 1.807) is 18.2 Å². The van der Waals surface area contributed by atoms with Gasteiger partial charge in [0.05, 0.1) is 11.3 Å². The number of non-ortho nitro benzene ring substituents is 1. The highest BCUT2D eigenvalue weighted by Crippen LogP contribution is 2.25. The molecule has 128 valence electrons. The van der Waals surface area contributed by atoms with E-state index in [1.165, 1.54) is 27.7 Å². The van der Waals surface area contributed by atoms with Gasteiger partial charge in [-0.15, -0.1) is 0 Å². The molecule has 0 aliphatic rings. The molecule has 2 aromatic rings. The molecule has 1 amide bonds. The molecule has 0 spiro atoms. The number of carbonyl (C=O) groups is 2. The van der Waals surface area contributed by atoms with Gasteiger partial charge in [0.1, 0.15) is 11.2 Å². The summed E-state index contributed by atoms with van der Waals surface area (Å²) in [5, 5.41) is 22.8. The number of nitro benzene ring substituents is 1. The number of hydrogen-bond donors (Lipinski definition) is 3. The highest BCUT2D eigenvalue weighted by molar-refractivity contribution is 8.76. The van der Waals surface area contributed by atoms with Crippen LogP contribution in [0.15, 0.2) is 24.3 Å². The van der Waals surface area contributed by atoms with Gasteiger partial charge in [-0.1, -0.05) is 33.7 Å². The number of aromatic amines is 1. The molecule has 0 fully saturated rings. The summed E-state index contributed by atoms with van der Waals surface area (Å²) in [4.78, 5) is 35.7. The highest BCUT2D eigenvalue weighted by Gasteiger charge is 2.16. The van der Waals surface area contributed by atoms with E-state index in [9.17, 15) is 19.7 Å². The molecule has 8 nitrogen and oxygen atoms in total. The first kappa shape index (κ1) is 18.1. The van der Waals surface area contributed by atoms with Gasteiger partial charge in [0.15, 0.2) is 0 Å². The quantitative estimate of drug-likeness (QED) is 0.268. The SMILES string of the molecule is O=C(O)CCSSCCNC(=O)c1cc2cccc([N+](=O)[O-])c2[nH]1. The number of carboxylic acids is 1. The van der Waals surface area contributed by atoms with Crippen molar-refractivity contribution in [2.24, 2.45) is 0 Å². The van der Waals surface area contributed by atoms with Gasteiger partial charge in [0.25, 0.3) is 11.6 Å². The Kier molecular flexibility index (Phi) is 6.50. The first-order chi connectivity index (χ1) is 11.5. The Morgan fingerprint density at radius 3 is 2.75 bits per heavy atom. The number of aliphatic carboxylic acids is 1. The number of fused-ring (bicyclic) bond motifs is 1. The maximum absolute atomic E-state index is 12.1. The molecule has 2 rings (SSSR count). The fraction of sp³-hybridized carbons (Fsp3) is 0.286. The number of nitrogens with zero attached hydrogens (tertiary/aromatic N) is 1. The van der Waals surface area contributed by atoms with Crippen LogP contribution in [0.1, 0.15) is 16.9 Å². The molecule has 0 bridgehead atoms. The van der Waals surface area contributed by atoms with Crippen LogP contribution in [-0.2, 0) is 4.79 Å². The van der Waals surface area contributed by atoms with Gasteiger partial charge in [-0.25, -0.2) is 0 Å². The summed E-state index contributed by atoms with van der Waals surface area (Å²) in [7, 11) is 2.92. The fourth-order valence-corrected chi connectivity index (χ4v) is 3.85. The molecule has 0 atom stereocenters. The summed E-state index contributed by atoms with van der Waals surface area (Å²) >= 11 is 0. The molecule has 0 saturated carbocycles. The maximum Gasteiger partial charge on any atom is 0.304 e. The number of benzene rings is 1. The summed E-state index contributed by atoms with van der Waals surface area (Å²) < 4.78 is 0. The van der Waals surface area contributed by atoms with E-state index in [0.29, 0.717) is 29.0 Å². The zero-order chi connectivity index (χ0) is 17.5. The number of hydrogen-bond acceptors (Lipinski definition) is 6. The molecule has 1 aromatic heterocycles. The van der Waals surface area contributed by atoms with Crippen LogP contribution in [0.3, 0.4) is 0 Å². The summed E-state index contributed by atoms with van der Waals surface area (Å²) in [5.74, 6) is -0.0170. The van der Waals surface area contributed by atoms with Gasteiger partial charge in [-0.05, 0) is 6.07 Å². The van der Waals surface area contributed by atoms with Crippen molar-refractivity contribution in [3.8, 4) is 0 Å². The number of nitro groups is 1. The van der Waals surface area contributed by atoms with Crippen LogP contribution in [0.5, 0.6) is 0 Å². The smallest absolute Gasteiger partial charge is 0.304 e. The first-order valence-electron chi connectivity index (χ1n) is 6.99. The molecule has 10 heteroatoms. The third-order valence-electron chi connectivity index (χ3n) is 3.03. The van der Waals surface area contributed by atoms with Crippen LogP contribution in [0, 0.1) is 10.1 Å². The largest absolute Gasteiger partial charge is 0.481 e. The van der Waals surface area contributed by atoms with Gasteiger partial charge in [0, 0.05) is 29.5 Å². The fourth-order valence-electron chi connectivity index (χ4n) is 1.96. The van der Waals surface area contributed by atoms with E-state index in [2.05, 4.69) is 10.3 Å². The summed E-state index contributed by atoms with van der Waals surface area (Å²) in [6.45, 7) is 0.418. The van der Waals surface area contributed by atoms with Crippen molar-refractivity contribution < 1.29 is 19.6 Å². The Morgan fingerprint density at radius 1 is 1.29 bits per heavy atom. The second-order valence-electron chi connectivity index (χ2n) is 4.73. The van der Waals surface area contributed by atoms with E-state index in [4.69, 9.17) is 5.11 Å². The number of amides is 1. The zero-order valence-corrected chi connectivity index (χ0v) is 14.1. The summed E-state index contributed by atoms with van der Waals surface area (Å²) in [6.07, 6.45) is 0.109. The van der Waals surface area contributed by atoms with Crippen molar-refractivity contribution in [3.05, 3.63) is 40.1 Å². The van der Waals surface area contributed by atoms with Gasteiger partial charge in [-0.3, -0.25) is 19.7 Å². The van der Waals surface area contributed by atoms with Crippen LogP contribution in [-0.4, -0.2) is 44.9 Å². The van der Waals surface area contributed by atoms with Crippen LogP contribution in [0.25, 0.3) is 10.9 Å². The molecule has 24 heavy (non-hydrogen) atoms. The minimum absolute atomic E-state index is 0.0723. The minimum atomic E-state index is -0.829. The van der Waals surface area contributed by atoms with Crippen molar-refractivity contribution >= 4 is 50.1 Å². The molecule has 0 radical (unpaired) electrons. The monoisotopic (exact) mass is 369 g/mol. The second-order valence-corrected chi connectivity index (χ2v) is 7.43. The lowest BCUT2D eigenvalue weighted by Crippen LogP contribution is -2.25. The Hall–Kier alpha value is -2.20. The van der Waals surface area contributed by atoms with Crippen LogP contribution < -0.4 is 5.32 Å². The molecular weight excluding hydrogens is 354 g/mol. The minimum Gasteiger partial charge on any atom is -0.481 e. The number of nitrogens with one attached hydrogen (secondary N) is 2. The Balaban J connectivity index is 1.85. The number of rotatable bonds is 9. The van der Waals surface area contributed by atoms with Crippen LogP contribution >= 0.6 is 21.6 Å². The lowest BCUT2D eigenvalue weighted by atomic mass is 10.2. The summed E-state index contributed by atoms with van der Waals surface area (Å²) in [6, 6.07) is 6.23. The third-order valence-corrected chi connectivity index (χ3v) is 5.44. The van der Waals surface area contributed by atoms with Gasteiger partial charge >= 0.3 is 5.97 Å². The maximum atomic E-state index is 12.1. The Bertz CT molecular complexity index is 762. The average Bonchev–Trinajstić information content (AvgIpc) is 2.97. The van der Waals surface area contributed by atoms with E-state index >= 15 is 0 Å². The molecular formula is C14H15N3O5S2. The summed E-state index contributed by atoms with van der Waals surface area (Å²) in [5.41, 5.74) is 0.519. The molecule has 0 aliphatic heterocycles. The highest BCUT2D eigenvalue weighted by atomic mass is 33.1. The molecule has 0 unspecified atom stereocenters. The van der Waals surface area contributed by atoms with Crippen LogP contribution in [0.4, 0.5) is 5.69 Å². The molecule has 0 saturated heterocycles.